The van der Waals surface area contributed by atoms with E-state index in [4.69, 9.17) is 9.84 Å². The number of nitrogens with one attached hydrogen (secondary N) is 2. The van der Waals surface area contributed by atoms with Crippen molar-refractivity contribution in [3.05, 3.63) is 70.2 Å². The molecule has 0 saturated carbocycles. The summed E-state index contributed by atoms with van der Waals surface area (Å²) >= 11 is 0.651. The molecule has 3 amide bonds. The molecule has 1 heterocycles. The molecule has 14 heteroatoms. The molecule has 37 heavy (non-hydrogen) atoms. The van der Waals surface area contributed by atoms with Crippen LogP contribution in [0.2, 0.25) is 0 Å². The number of nitrogens with zero attached hydrogens (tertiary/aromatic N) is 2. The second kappa shape index (κ2) is 11.2. The van der Waals surface area contributed by atoms with Crippen molar-refractivity contribution in [2.45, 2.75) is 6.92 Å². The van der Waals surface area contributed by atoms with Crippen LogP contribution < -0.4 is 15.4 Å². The number of aromatic nitrogens is 1. The van der Waals surface area contributed by atoms with Crippen molar-refractivity contribution in [2.24, 2.45) is 0 Å². The molecule has 12 nitrogen and oxygen atoms in total. The molecule has 0 spiro atoms. The topological polar surface area (TPSA) is 172 Å². The fourth-order valence-corrected chi connectivity index (χ4v) is 4.76. The van der Waals surface area contributed by atoms with Gasteiger partial charge in [-0.15, -0.1) is 0 Å². The third-order valence-electron chi connectivity index (χ3n) is 4.86. The number of hydrogen-bond donors (Lipinski definition) is 3. The number of para-hydroxylation sites is 1. The highest BCUT2D eigenvalue weighted by Gasteiger charge is 2.28. The molecule has 1 aromatic heterocycles. The number of carboxylic acid groups (broad SMARTS) is 1. The molecule has 3 aromatic rings. The highest BCUT2D eigenvalue weighted by Crippen LogP contribution is 2.27. The number of rotatable bonds is 9. The van der Waals surface area contributed by atoms with Crippen LogP contribution >= 0.6 is 11.3 Å². The first-order chi connectivity index (χ1) is 17.4. The zero-order valence-corrected chi connectivity index (χ0v) is 21.5. The number of carbonyl (C=O) groups excluding carboxylic acids is 3. The molecule has 3 N–H and O–H groups in total. The fraction of sp³-hybridized carbons (Fsp3) is 0.174. The van der Waals surface area contributed by atoms with Crippen LogP contribution in [0.25, 0.3) is 0 Å². The van der Waals surface area contributed by atoms with Crippen molar-refractivity contribution in [3.8, 4) is 5.75 Å². The summed E-state index contributed by atoms with van der Waals surface area (Å²) in [5.74, 6) is -2.62. The van der Waals surface area contributed by atoms with E-state index in [1.54, 1.807) is 49.4 Å². The predicted octanol–water partition coefficient (Wildman–Crippen LogP) is 2.82. The van der Waals surface area contributed by atoms with Gasteiger partial charge in [-0.25, -0.2) is 22.5 Å². The maximum atomic E-state index is 13.2. The van der Waals surface area contributed by atoms with E-state index in [0.717, 1.165) is 11.8 Å². The fourth-order valence-electron chi connectivity index (χ4n) is 3.20. The number of sulfonamides is 1. The summed E-state index contributed by atoms with van der Waals surface area (Å²) < 4.78 is 29.1. The lowest BCUT2D eigenvalue weighted by atomic mass is 9.99. The van der Waals surface area contributed by atoms with Gasteiger partial charge >= 0.3 is 12.0 Å². The maximum Gasteiger partial charge on any atom is 0.325 e. The summed E-state index contributed by atoms with van der Waals surface area (Å²) in [6.45, 7) is 0.732. The quantitative estimate of drug-likeness (QED) is 0.341. The van der Waals surface area contributed by atoms with Crippen LogP contribution in [-0.4, -0.2) is 66.4 Å². The number of benzene rings is 2. The Morgan fingerprint density at radius 2 is 1.78 bits per heavy atom. The predicted molar refractivity (Wildman–Crippen MR) is 136 cm³/mol. The summed E-state index contributed by atoms with van der Waals surface area (Å²) in [4.78, 5) is 53.1. The van der Waals surface area contributed by atoms with Gasteiger partial charge in [0.05, 0.1) is 30.8 Å². The Kier molecular flexibility index (Phi) is 8.24. The maximum absolute atomic E-state index is 13.2. The number of ether oxygens (including phenoxy) is 1. The number of ketones is 1. The summed E-state index contributed by atoms with van der Waals surface area (Å²) in [7, 11) is -2.72. The number of hydrogen-bond acceptors (Lipinski definition) is 9. The molecule has 0 aliphatic heterocycles. The number of methoxy groups -OCH3 is 1. The van der Waals surface area contributed by atoms with E-state index in [9.17, 15) is 27.6 Å². The van der Waals surface area contributed by atoms with Gasteiger partial charge in [0.2, 0.25) is 10.0 Å². The van der Waals surface area contributed by atoms with Gasteiger partial charge < -0.3 is 15.2 Å². The highest BCUT2D eigenvalue weighted by atomic mass is 32.2. The molecule has 0 unspecified atom stereocenters. The van der Waals surface area contributed by atoms with E-state index in [2.05, 4.69) is 15.6 Å². The molecular weight excluding hydrogens is 524 g/mol. The number of carbonyl (C=O) groups is 4. The van der Waals surface area contributed by atoms with E-state index in [1.807, 2.05) is 0 Å². The van der Waals surface area contributed by atoms with E-state index in [0.29, 0.717) is 28.9 Å². The van der Waals surface area contributed by atoms with Crippen LogP contribution in [-0.2, 0) is 14.8 Å². The smallest absolute Gasteiger partial charge is 0.325 e. The van der Waals surface area contributed by atoms with Crippen molar-refractivity contribution in [1.29, 1.82) is 0 Å². The summed E-state index contributed by atoms with van der Waals surface area (Å²) in [6, 6.07) is 10.8. The van der Waals surface area contributed by atoms with Crippen LogP contribution in [0.4, 0.5) is 15.6 Å². The number of thiazole rings is 1. The van der Waals surface area contributed by atoms with E-state index < -0.39 is 34.5 Å². The third-order valence-corrected chi connectivity index (χ3v) is 6.86. The minimum atomic E-state index is -4.17. The number of aryl methyl sites for hydroxylation is 1. The van der Waals surface area contributed by atoms with Gasteiger partial charge in [0.25, 0.3) is 5.91 Å². The number of aliphatic carboxylic acids is 1. The Hall–Kier alpha value is -4.30. The highest BCUT2D eigenvalue weighted by molar-refractivity contribution is 7.89. The zero-order valence-electron chi connectivity index (χ0n) is 19.8. The lowest BCUT2D eigenvalue weighted by molar-refractivity contribution is -0.136. The molecule has 0 aliphatic carbocycles. The largest absolute Gasteiger partial charge is 0.496 e. The molecule has 194 valence electrons. The van der Waals surface area contributed by atoms with Gasteiger partial charge in [0.15, 0.2) is 10.9 Å². The Balaban J connectivity index is 1.80. The Morgan fingerprint density at radius 1 is 1.08 bits per heavy atom. The first kappa shape index (κ1) is 27.3. The molecule has 0 radical (unpaired) electrons. The molecule has 0 atom stereocenters. The lowest BCUT2D eigenvalue weighted by Gasteiger charge is -2.16. The van der Waals surface area contributed by atoms with E-state index >= 15 is 0 Å². The summed E-state index contributed by atoms with van der Waals surface area (Å²) in [5.41, 5.74) is 1.51. The SMILES string of the molecule is COc1ccccc1C(=O)c1cc(C)ccc1NC(=O)Nc1ncc(C(=O)N(CC(=O)O)S(C)(=O)=O)s1. The Labute approximate surface area is 215 Å². The number of anilines is 2. The molecule has 3 rings (SSSR count). The molecule has 0 aliphatic rings. The molecule has 2 aromatic carbocycles. The minimum Gasteiger partial charge on any atom is -0.496 e. The second-order valence-electron chi connectivity index (χ2n) is 7.66. The van der Waals surface area contributed by atoms with Crippen molar-refractivity contribution in [1.82, 2.24) is 9.29 Å². The molecule has 0 saturated heterocycles. The molecule has 0 fully saturated rings. The normalized spacial score (nSPS) is 10.9. The average molecular weight is 547 g/mol. The van der Waals surface area contributed by atoms with Crippen LogP contribution in [0.3, 0.4) is 0 Å². The standard InChI is InChI=1S/C23H22N4O8S2/c1-13-8-9-16(15(10-13)20(30)14-6-4-5-7-17(14)35-2)25-22(32)26-23-24-11-18(36-23)21(31)27(12-19(28)29)37(3,33)34/h4-11H,12H2,1-3H3,(H,28,29)(H2,24,25,26,32). The Bertz CT molecular complexity index is 1480. The van der Waals surface area contributed by atoms with Crippen LogP contribution in [0.5, 0.6) is 5.75 Å². The van der Waals surface area contributed by atoms with Crippen molar-refractivity contribution in [3.63, 3.8) is 0 Å². The first-order valence-electron chi connectivity index (χ1n) is 10.5. The number of urea groups is 1. The van der Waals surface area contributed by atoms with Gasteiger partial charge in [-0.3, -0.25) is 19.7 Å². The molecular formula is C23H22N4O8S2. The van der Waals surface area contributed by atoms with Gasteiger partial charge in [-0.05, 0) is 31.2 Å². The van der Waals surface area contributed by atoms with Crippen molar-refractivity contribution in [2.75, 3.05) is 30.5 Å². The van der Waals surface area contributed by atoms with Crippen molar-refractivity contribution >= 4 is 55.9 Å². The summed E-state index contributed by atoms with van der Waals surface area (Å²) in [6.07, 6.45) is 1.72. The number of carboxylic acids is 1. The Morgan fingerprint density at radius 3 is 2.43 bits per heavy atom. The van der Waals surface area contributed by atoms with Crippen molar-refractivity contribution < 1.29 is 37.4 Å². The summed E-state index contributed by atoms with van der Waals surface area (Å²) in [5, 5.41) is 13.8. The number of amides is 3. The van der Waals surface area contributed by atoms with Gasteiger partial charge in [0.1, 0.15) is 17.2 Å². The van der Waals surface area contributed by atoms with Crippen LogP contribution in [0.1, 0.15) is 31.2 Å². The van der Waals surface area contributed by atoms with Gasteiger partial charge in [-0.1, -0.05) is 35.1 Å². The van der Waals surface area contributed by atoms with Crippen LogP contribution in [0, 0.1) is 6.92 Å². The second-order valence-corrected chi connectivity index (χ2v) is 10.6. The molecule has 0 bridgehead atoms. The van der Waals surface area contributed by atoms with Gasteiger partial charge in [0, 0.05) is 5.56 Å². The third kappa shape index (κ3) is 6.68. The zero-order chi connectivity index (χ0) is 27.3. The monoisotopic (exact) mass is 546 g/mol. The van der Waals surface area contributed by atoms with E-state index in [-0.39, 0.29) is 31.3 Å². The average Bonchev–Trinajstić information content (AvgIpc) is 3.30. The first-order valence-corrected chi connectivity index (χ1v) is 13.1. The van der Waals surface area contributed by atoms with Crippen LogP contribution in [0.15, 0.2) is 48.7 Å². The van der Waals surface area contributed by atoms with Gasteiger partial charge in [-0.2, -0.15) is 0 Å². The minimum absolute atomic E-state index is 0.0608. The lowest BCUT2D eigenvalue weighted by Crippen LogP contribution is -2.39. The van der Waals surface area contributed by atoms with E-state index in [1.165, 1.54) is 7.11 Å².